The first-order chi connectivity index (χ1) is 19.3. The van der Waals surface area contributed by atoms with Gasteiger partial charge in [-0.3, -0.25) is 9.67 Å². The third-order valence-corrected chi connectivity index (χ3v) is 7.28. The number of aliphatic hydroxyl groups is 1. The molecule has 6 aromatic rings. The predicted octanol–water partition coefficient (Wildman–Crippen LogP) is 6.38. The average Bonchev–Trinajstić information content (AvgIpc) is 3.35. The summed E-state index contributed by atoms with van der Waals surface area (Å²) >= 11 is 1.41. The van der Waals surface area contributed by atoms with Crippen LogP contribution in [-0.2, 0) is 6.54 Å². The van der Waals surface area contributed by atoms with Crippen LogP contribution in [0.2, 0.25) is 0 Å². The summed E-state index contributed by atoms with van der Waals surface area (Å²) in [6.07, 6.45) is 7.20. The first-order valence-electron chi connectivity index (χ1n) is 12.8. The minimum Gasteiger partial charge on any atom is -0.389 e. The summed E-state index contributed by atoms with van der Waals surface area (Å²) in [4.78, 5) is 9.41. The van der Waals surface area contributed by atoms with Gasteiger partial charge in [0, 0.05) is 63.6 Å². The zero-order chi connectivity index (χ0) is 27.7. The molecule has 2 aromatic carbocycles. The first kappa shape index (κ1) is 25.7. The molecule has 0 saturated carbocycles. The molecule has 3 N–H and O–H groups in total. The maximum Gasteiger partial charge on any atom is 0.139 e. The molecule has 0 unspecified atom stereocenters. The second-order valence-electron chi connectivity index (χ2n) is 10.2. The predicted molar refractivity (Wildman–Crippen MR) is 161 cm³/mol. The highest BCUT2D eigenvalue weighted by Crippen LogP contribution is 2.34. The van der Waals surface area contributed by atoms with Gasteiger partial charge in [-0.25, -0.2) is 4.98 Å². The van der Waals surface area contributed by atoms with Gasteiger partial charge in [0.1, 0.15) is 10.8 Å². The van der Waals surface area contributed by atoms with Gasteiger partial charge in [-0.1, -0.05) is 6.07 Å². The number of anilines is 3. The molecule has 0 fully saturated rings. The lowest BCUT2D eigenvalue weighted by Crippen LogP contribution is -2.26. The minimum absolute atomic E-state index is 0.417. The van der Waals surface area contributed by atoms with E-state index in [0.717, 1.165) is 60.7 Å². The van der Waals surface area contributed by atoms with E-state index in [4.69, 9.17) is 4.98 Å². The molecular formula is C30H28N8OS. The molecule has 0 aliphatic heterocycles. The van der Waals surface area contributed by atoms with Crippen molar-refractivity contribution in [3.8, 4) is 11.3 Å². The van der Waals surface area contributed by atoms with Crippen molar-refractivity contribution in [1.82, 2.24) is 29.9 Å². The molecule has 0 radical (unpaired) electrons. The number of aryl methyl sites for hydroxylation is 1. The van der Waals surface area contributed by atoms with Crippen molar-refractivity contribution in [2.45, 2.75) is 37.9 Å². The lowest BCUT2D eigenvalue weighted by molar-refractivity contribution is 0.0591. The number of nitrogens with zero attached hydrogens (tertiary/aromatic N) is 6. The zero-order valence-electron chi connectivity index (χ0n) is 22.3. The van der Waals surface area contributed by atoms with Gasteiger partial charge in [-0.05, 0) is 80.9 Å². The lowest BCUT2D eigenvalue weighted by Gasteiger charge is -2.18. The Morgan fingerprint density at radius 2 is 1.75 bits per heavy atom. The molecule has 4 heterocycles. The van der Waals surface area contributed by atoms with Crippen LogP contribution in [0, 0.1) is 6.92 Å². The highest BCUT2D eigenvalue weighted by molar-refractivity contribution is 8.00. The van der Waals surface area contributed by atoms with Gasteiger partial charge in [0.05, 0.1) is 29.6 Å². The summed E-state index contributed by atoms with van der Waals surface area (Å²) < 4.78 is 5.13. The van der Waals surface area contributed by atoms with Crippen LogP contribution < -0.4 is 10.0 Å². The fourth-order valence-corrected chi connectivity index (χ4v) is 5.21. The number of benzene rings is 2. The number of fused-ring (bicyclic) bond motifs is 2. The van der Waals surface area contributed by atoms with E-state index in [1.165, 1.54) is 11.9 Å². The zero-order valence-corrected chi connectivity index (χ0v) is 23.1. The minimum atomic E-state index is -0.855. The average molecular weight is 549 g/mol. The van der Waals surface area contributed by atoms with Crippen LogP contribution >= 0.6 is 11.9 Å². The highest BCUT2D eigenvalue weighted by Gasteiger charge is 2.18. The second-order valence-corrected chi connectivity index (χ2v) is 11.0. The Labute approximate surface area is 235 Å². The third kappa shape index (κ3) is 5.45. The molecule has 0 bridgehead atoms. The van der Waals surface area contributed by atoms with Crippen molar-refractivity contribution in [3.63, 3.8) is 0 Å². The third-order valence-electron chi connectivity index (χ3n) is 6.51. The van der Waals surface area contributed by atoms with E-state index in [0.29, 0.717) is 6.54 Å². The van der Waals surface area contributed by atoms with E-state index in [9.17, 15) is 5.11 Å². The van der Waals surface area contributed by atoms with Gasteiger partial charge in [-0.2, -0.15) is 10.2 Å². The maximum absolute atomic E-state index is 10.3. The summed E-state index contributed by atoms with van der Waals surface area (Å²) in [6.45, 7) is 6.08. The fourth-order valence-electron chi connectivity index (χ4n) is 4.61. The van der Waals surface area contributed by atoms with Gasteiger partial charge in [0.25, 0.3) is 0 Å². The van der Waals surface area contributed by atoms with Crippen molar-refractivity contribution in [2.24, 2.45) is 0 Å². The maximum atomic E-state index is 10.3. The van der Waals surface area contributed by atoms with Crippen molar-refractivity contribution >= 4 is 50.8 Å². The van der Waals surface area contributed by atoms with Crippen LogP contribution in [0.4, 0.5) is 17.2 Å². The van der Waals surface area contributed by atoms with Crippen molar-refractivity contribution in [1.29, 1.82) is 0 Å². The second kappa shape index (κ2) is 10.6. The Hall–Kier alpha value is -4.54. The van der Waals surface area contributed by atoms with Gasteiger partial charge in [-0.15, -0.1) is 5.10 Å². The van der Waals surface area contributed by atoms with Crippen molar-refractivity contribution < 1.29 is 5.11 Å². The monoisotopic (exact) mass is 548 g/mol. The number of pyridine rings is 2. The fraction of sp³-hybridized carbons (Fsp3) is 0.167. The van der Waals surface area contributed by atoms with E-state index in [1.807, 2.05) is 71.8 Å². The molecule has 0 aliphatic rings. The lowest BCUT2D eigenvalue weighted by atomic mass is 9.98. The van der Waals surface area contributed by atoms with Crippen molar-refractivity contribution in [2.75, 3.05) is 10.0 Å². The van der Waals surface area contributed by atoms with Gasteiger partial charge >= 0.3 is 0 Å². The number of hydrogen-bond donors (Lipinski definition) is 3. The summed E-state index contributed by atoms with van der Waals surface area (Å²) in [5.41, 5.74) is 5.02. The molecule has 9 nitrogen and oxygen atoms in total. The van der Waals surface area contributed by atoms with Crippen LogP contribution in [0.15, 0.2) is 90.5 Å². The Balaban J connectivity index is 1.26. The smallest absolute Gasteiger partial charge is 0.139 e. The number of rotatable bonds is 8. The Morgan fingerprint density at radius 1 is 0.925 bits per heavy atom. The Kier molecular flexibility index (Phi) is 6.79. The Morgan fingerprint density at radius 3 is 2.52 bits per heavy atom. The topological polar surface area (TPSA) is 114 Å². The van der Waals surface area contributed by atoms with Crippen LogP contribution in [0.1, 0.15) is 19.4 Å². The molecular weight excluding hydrogens is 520 g/mol. The number of hydrogen-bond acceptors (Lipinski definition) is 9. The molecule has 0 spiro atoms. The summed E-state index contributed by atoms with van der Waals surface area (Å²) in [5, 5.41) is 30.0. The van der Waals surface area contributed by atoms with E-state index < -0.39 is 5.60 Å². The quantitative estimate of drug-likeness (QED) is 0.186. The van der Waals surface area contributed by atoms with Crippen LogP contribution in [0.25, 0.3) is 32.9 Å². The summed E-state index contributed by atoms with van der Waals surface area (Å²) in [5.74, 6) is 0.730. The SMILES string of the molecule is Cc1c(-c2nccc3cnc(Nc4ccc(NSc5cccnn5)cc4)cc23)ccc2c1cnn2CC(C)(C)O. The summed E-state index contributed by atoms with van der Waals surface area (Å²) in [6, 6.07) is 19.9. The Bertz CT molecular complexity index is 1800. The van der Waals surface area contributed by atoms with Crippen LogP contribution in [0.3, 0.4) is 0 Å². The van der Waals surface area contributed by atoms with Crippen LogP contribution in [0.5, 0.6) is 0 Å². The van der Waals surface area contributed by atoms with Crippen molar-refractivity contribution in [3.05, 3.63) is 91.0 Å². The van der Waals surface area contributed by atoms with Gasteiger partial charge in [0.15, 0.2) is 0 Å². The molecule has 6 rings (SSSR count). The van der Waals surface area contributed by atoms with E-state index in [1.54, 1.807) is 20.0 Å². The molecule has 200 valence electrons. The molecule has 4 aromatic heterocycles. The summed E-state index contributed by atoms with van der Waals surface area (Å²) in [7, 11) is 0. The highest BCUT2D eigenvalue weighted by atomic mass is 32.2. The van der Waals surface area contributed by atoms with Gasteiger partial charge in [0.2, 0.25) is 0 Å². The molecule has 10 heteroatoms. The number of nitrogens with one attached hydrogen (secondary N) is 2. The van der Waals surface area contributed by atoms with E-state index >= 15 is 0 Å². The molecule has 0 atom stereocenters. The molecule has 0 saturated heterocycles. The van der Waals surface area contributed by atoms with Gasteiger partial charge < -0.3 is 15.1 Å². The number of aromatic nitrogens is 6. The standard InChI is InChI=1S/C30H28N8OS/c1-19-23(10-11-26-25(19)17-34-38(26)18-30(2,3)39)29-24-15-27(32-16-20(24)12-14-31-29)35-21-6-8-22(9-7-21)37-40-28-5-4-13-33-36-28/h4-17,37,39H,18H2,1-3H3,(H,32,35). The normalized spacial score (nSPS) is 11.7. The molecule has 0 aliphatic carbocycles. The first-order valence-corrected chi connectivity index (χ1v) is 13.7. The molecule has 0 amide bonds. The largest absolute Gasteiger partial charge is 0.389 e. The van der Waals surface area contributed by atoms with E-state index in [2.05, 4.69) is 49.4 Å². The molecule has 40 heavy (non-hydrogen) atoms. The van der Waals surface area contributed by atoms with Crippen LogP contribution in [-0.4, -0.2) is 40.7 Å². The van der Waals surface area contributed by atoms with E-state index in [-0.39, 0.29) is 0 Å².